The van der Waals surface area contributed by atoms with Crippen LogP contribution in [0.15, 0.2) is 65.5 Å². The first kappa shape index (κ1) is 15.6. The van der Waals surface area contributed by atoms with Crippen molar-refractivity contribution in [3.05, 3.63) is 87.8 Å². The average molecular weight is 316 g/mol. The molecule has 1 N–H and O–H groups in total. The third-order valence-corrected chi connectivity index (χ3v) is 3.69. The lowest BCUT2D eigenvalue weighted by Gasteiger charge is -2.09. The van der Waals surface area contributed by atoms with Gasteiger partial charge in [-0.15, -0.1) is 0 Å². The van der Waals surface area contributed by atoms with E-state index in [4.69, 9.17) is 4.74 Å². The molecule has 0 unspecified atom stereocenters. The van der Waals surface area contributed by atoms with Crippen molar-refractivity contribution in [2.24, 2.45) is 0 Å². The first-order valence-corrected chi connectivity index (χ1v) is 7.58. The van der Waals surface area contributed by atoms with Gasteiger partial charge < -0.3 is 9.72 Å². The number of nitriles is 1. The van der Waals surface area contributed by atoms with Crippen LogP contribution in [0.1, 0.15) is 16.8 Å². The van der Waals surface area contributed by atoms with E-state index in [2.05, 4.69) is 4.98 Å². The Balaban J connectivity index is 1.83. The molecule has 3 aromatic rings. The number of aromatic amines is 1. The van der Waals surface area contributed by atoms with Gasteiger partial charge in [0.15, 0.2) is 0 Å². The summed E-state index contributed by atoms with van der Waals surface area (Å²) in [6.07, 6.45) is 0. The second-order valence-electron chi connectivity index (χ2n) is 5.48. The van der Waals surface area contributed by atoms with Crippen molar-refractivity contribution in [1.82, 2.24) is 4.98 Å². The summed E-state index contributed by atoms with van der Waals surface area (Å²) in [5.74, 6) is 0.739. The van der Waals surface area contributed by atoms with Crippen LogP contribution in [0.25, 0.3) is 11.1 Å². The number of H-pyrrole nitrogens is 1. The molecule has 0 saturated carbocycles. The van der Waals surface area contributed by atoms with Crippen molar-refractivity contribution in [2.45, 2.75) is 13.5 Å². The summed E-state index contributed by atoms with van der Waals surface area (Å²) < 4.78 is 5.75. The van der Waals surface area contributed by atoms with Gasteiger partial charge in [-0.25, -0.2) is 0 Å². The summed E-state index contributed by atoms with van der Waals surface area (Å²) in [4.78, 5) is 14.5. The zero-order valence-electron chi connectivity index (χ0n) is 13.2. The standard InChI is InChI=1S/C20H16N2O2/c1-14-11-18(19(12-21)20(23)22-14)16-7-9-17(10-8-16)24-13-15-5-3-2-4-6-15/h2-11H,13H2,1H3,(H,22,23). The molecular weight excluding hydrogens is 300 g/mol. The second-order valence-corrected chi connectivity index (χ2v) is 5.48. The van der Waals surface area contributed by atoms with Crippen LogP contribution in [0.2, 0.25) is 0 Å². The normalized spacial score (nSPS) is 10.2. The van der Waals surface area contributed by atoms with E-state index < -0.39 is 0 Å². The monoisotopic (exact) mass is 316 g/mol. The SMILES string of the molecule is Cc1cc(-c2ccc(OCc3ccccc3)cc2)c(C#N)c(=O)[nH]1. The van der Waals surface area contributed by atoms with Gasteiger partial charge >= 0.3 is 0 Å². The number of rotatable bonds is 4. The topological polar surface area (TPSA) is 65.9 Å². The molecular formula is C20H16N2O2. The third kappa shape index (κ3) is 3.36. The van der Waals surface area contributed by atoms with Crippen LogP contribution in [-0.4, -0.2) is 4.98 Å². The fraction of sp³-hybridized carbons (Fsp3) is 0.100. The first-order chi connectivity index (χ1) is 11.7. The van der Waals surface area contributed by atoms with Crippen molar-refractivity contribution in [3.8, 4) is 22.9 Å². The van der Waals surface area contributed by atoms with Crippen molar-refractivity contribution >= 4 is 0 Å². The van der Waals surface area contributed by atoms with Gasteiger partial charge in [0.2, 0.25) is 0 Å². The van der Waals surface area contributed by atoms with Gasteiger partial charge in [-0.05, 0) is 36.2 Å². The summed E-state index contributed by atoms with van der Waals surface area (Å²) in [7, 11) is 0. The van der Waals surface area contributed by atoms with E-state index in [0.717, 1.165) is 22.6 Å². The summed E-state index contributed by atoms with van der Waals surface area (Å²) in [6.45, 7) is 2.29. The van der Waals surface area contributed by atoms with Crippen molar-refractivity contribution in [3.63, 3.8) is 0 Å². The number of aryl methyl sites for hydroxylation is 1. The molecule has 0 amide bonds. The van der Waals surface area contributed by atoms with Gasteiger partial charge in [0.25, 0.3) is 5.56 Å². The van der Waals surface area contributed by atoms with Gasteiger partial charge in [0.1, 0.15) is 24.0 Å². The van der Waals surface area contributed by atoms with Gasteiger partial charge in [-0.2, -0.15) is 5.26 Å². The quantitative estimate of drug-likeness (QED) is 0.796. The number of hydrogen-bond acceptors (Lipinski definition) is 3. The van der Waals surface area contributed by atoms with Crippen LogP contribution in [-0.2, 0) is 6.61 Å². The molecule has 1 heterocycles. The maximum atomic E-state index is 11.9. The Morgan fingerprint density at radius 3 is 2.46 bits per heavy atom. The predicted octanol–water partition coefficient (Wildman–Crippen LogP) is 3.80. The molecule has 0 aliphatic carbocycles. The maximum absolute atomic E-state index is 11.9. The molecule has 0 aliphatic heterocycles. The summed E-state index contributed by atoms with van der Waals surface area (Å²) in [6, 6.07) is 21.1. The number of pyridine rings is 1. The highest BCUT2D eigenvalue weighted by Gasteiger charge is 2.10. The van der Waals surface area contributed by atoms with Crippen molar-refractivity contribution in [1.29, 1.82) is 5.26 Å². The zero-order chi connectivity index (χ0) is 16.9. The molecule has 24 heavy (non-hydrogen) atoms. The Morgan fingerprint density at radius 2 is 1.79 bits per heavy atom. The minimum absolute atomic E-state index is 0.124. The van der Waals surface area contributed by atoms with Crippen LogP contribution in [0, 0.1) is 18.3 Å². The van der Waals surface area contributed by atoms with E-state index in [0.29, 0.717) is 12.2 Å². The van der Waals surface area contributed by atoms with Gasteiger partial charge in [0, 0.05) is 11.3 Å². The van der Waals surface area contributed by atoms with Crippen LogP contribution >= 0.6 is 0 Å². The summed E-state index contributed by atoms with van der Waals surface area (Å²) in [5, 5.41) is 9.22. The van der Waals surface area contributed by atoms with Crippen LogP contribution in [0.4, 0.5) is 0 Å². The Bertz CT molecular complexity index is 936. The largest absolute Gasteiger partial charge is 0.489 e. The predicted molar refractivity (Wildman–Crippen MR) is 92.7 cm³/mol. The Kier molecular flexibility index (Phi) is 4.44. The van der Waals surface area contributed by atoms with E-state index in [9.17, 15) is 10.1 Å². The van der Waals surface area contributed by atoms with Crippen LogP contribution in [0.5, 0.6) is 5.75 Å². The number of aromatic nitrogens is 1. The highest BCUT2D eigenvalue weighted by Crippen LogP contribution is 2.24. The fourth-order valence-electron chi connectivity index (χ4n) is 2.50. The molecule has 1 aromatic heterocycles. The molecule has 0 fully saturated rings. The lowest BCUT2D eigenvalue weighted by atomic mass is 10.0. The number of hydrogen-bond donors (Lipinski definition) is 1. The molecule has 0 atom stereocenters. The molecule has 2 aromatic carbocycles. The molecule has 0 radical (unpaired) electrons. The second kappa shape index (κ2) is 6.84. The van der Waals surface area contributed by atoms with E-state index in [1.807, 2.05) is 60.7 Å². The molecule has 0 saturated heterocycles. The number of nitrogens with one attached hydrogen (secondary N) is 1. The molecule has 0 bridgehead atoms. The number of benzene rings is 2. The van der Waals surface area contributed by atoms with Crippen molar-refractivity contribution in [2.75, 3.05) is 0 Å². The lowest BCUT2D eigenvalue weighted by molar-refractivity contribution is 0.306. The Morgan fingerprint density at radius 1 is 1.08 bits per heavy atom. The van der Waals surface area contributed by atoms with E-state index in [1.54, 1.807) is 13.0 Å². The molecule has 4 nitrogen and oxygen atoms in total. The fourth-order valence-corrected chi connectivity index (χ4v) is 2.50. The molecule has 118 valence electrons. The smallest absolute Gasteiger partial charge is 0.266 e. The summed E-state index contributed by atoms with van der Waals surface area (Å²) >= 11 is 0. The summed E-state index contributed by atoms with van der Waals surface area (Å²) in [5.41, 5.74) is 3.02. The van der Waals surface area contributed by atoms with E-state index in [1.165, 1.54) is 0 Å². The Labute approximate surface area is 140 Å². The molecule has 4 heteroatoms. The van der Waals surface area contributed by atoms with E-state index >= 15 is 0 Å². The lowest BCUT2D eigenvalue weighted by Crippen LogP contribution is -2.12. The highest BCUT2D eigenvalue weighted by molar-refractivity contribution is 5.70. The first-order valence-electron chi connectivity index (χ1n) is 7.58. The molecule has 0 spiro atoms. The van der Waals surface area contributed by atoms with Gasteiger partial charge in [-0.3, -0.25) is 4.79 Å². The third-order valence-electron chi connectivity index (χ3n) is 3.69. The highest BCUT2D eigenvalue weighted by atomic mass is 16.5. The van der Waals surface area contributed by atoms with Crippen molar-refractivity contribution < 1.29 is 4.74 Å². The minimum atomic E-state index is -0.364. The zero-order valence-corrected chi connectivity index (χ0v) is 13.2. The average Bonchev–Trinajstić information content (AvgIpc) is 2.61. The van der Waals surface area contributed by atoms with Crippen LogP contribution in [0.3, 0.4) is 0 Å². The van der Waals surface area contributed by atoms with Crippen LogP contribution < -0.4 is 10.3 Å². The van der Waals surface area contributed by atoms with Gasteiger partial charge in [-0.1, -0.05) is 42.5 Å². The Hall–Kier alpha value is -3.32. The number of ether oxygens (including phenoxy) is 1. The maximum Gasteiger partial charge on any atom is 0.266 e. The minimum Gasteiger partial charge on any atom is -0.489 e. The number of nitrogens with zero attached hydrogens (tertiary/aromatic N) is 1. The van der Waals surface area contributed by atoms with E-state index in [-0.39, 0.29) is 11.1 Å². The molecule has 3 rings (SSSR count). The van der Waals surface area contributed by atoms with Gasteiger partial charge in [0.05, 0.1) is 0 Å². The molecule has 0 aliphatic rings.